The molecule has 2 atom stereocenters. The lowest BCUT2D eigenvalue weighted by atomic mass is 9.85. The predicted molar refractivity (Wildman–Crippen MR) is 88.8 cm³/mol. The van der Waals surface area contributed by atoms with Gasteiger partial charge in [0, 0.05) is 24.8 Å². The second-order valence-electron chi connectivity index (χ2n) is 7.04. The van der Waals surface area contributed by atoms with Crippen molar-refractivity contribution < 1.29 is 0 Å². The van der Waals surface area contributed by atoms with E-state index in [0.717, 1.165) is 18.5 Å². The largest absolute Gasteiger partial charge is 0.353 e. The smallest absolute Gasteiger partial charge is 0.129 e. The molecule has 1 aromatic rings. The lowest BCUT2D eigenvalue weighted by Crippen LogP contribution is -2.35. The van der Waals surface area contributed by atoms with E-state index in [0.29, 0.717) is 5.92 Å². The quantitative estimate of drug-likeness (QED) is 0.915. The third-order valence-corrected chi connectivity index (χ3v) is 5.17. The van der Waals surface area contributed by atoms with Crippen LogP contribution in [0.5, 0.6) is 0 Å². The van der Waals surface area contributed by atoms with Crippen LogP contribution in [0.25, 0.3) is 0 Å². The van der Waals surface area contributed by atoms with Crippen LogP contribution >= 0.6 is 0 Å². The Labute approximate surface area is 129 Å². The molecule has 2 heterocycles. The van der Waals surface area contributed by atoms with Crippen molar-refractivity contribution in [1.82, 2.24) is 10.3 Å². The summed E-state index contributed by atoms with van der Waals surface area (Å²) in [5, 5.41) is 3.28. The lowest BCUT2D eigenvalue weighted by Gasteiger charge is -2.33. The summed E-state index contributed by atoms with van der Waals surface area (Å²) in [5.74, 6) is 2.63. The zero-order valence-electron chi connectivity index (χ0n) is 13.7. The highest BCUT2D eigenvalue weighted by Crippen LogP contribution is 2.38. The van der Waals surface area contributed by atoms with E-state index < -0.39 is 0 Å². The van der Waals surface area contributed by atoms with Gasteiger partial charge in [-0.25, -0.2) is 4.98 Å². The highest BCUT2D eigenvalue weighted by Gasteiger charge is 2.36. The van der Waals surface area contributed by atoms with Crippen molar-refractivity contribution in [3.05, 3.63) is 23.4 Å². The minimum atomic E-state index is 0.491. The third kappa shape index (κ3) is 3.08. The van der Waals surface area contributed by atoms with E-state index in [-0.39, 0.29) is 0 Å². The van der Waals surface area contributed by atoms with Gasteiger partial charge in [0.05, 0.1) is 0 Å². The first-order chi connectivity index (χ1) is 10.2. The van der Waals surface area contributed by atoms with Crippen molar-refractivity contribution >= 4 is 5.82 Å². The van der Waals surface area contributed by atoms with E-state index in [4.69, 9.17) is 4.98 Å². The first kappa shape index (κ1) is 14.8. The molecule has 3 heteroatoms. The summed E-state index contributed by atoms with van der Waals surface area (Å²) in [5.41, 5.74) is 2.60. The molecule has 0 radical (unpaired) electrons. The number of nitrogens with one attached hydrogen (secondary N) is 1. The second-order valence-corrected chi connectivity index (χ2v) is 7.04. The maximum atomic E-state index is 4.99. The van der Waals surface area contributed by atoms with Crippen LogP contribution in [0.15, 0.2) is 12.1 Å². The fourth-order valence-electron chi connectivity index (χ4n) is 4.03. The molecule has 3 rings (SSSR count). The van der Waals surface area contributed by atoms with Crippen LogP contribution in [0.1, 0.15) is 63.1 Å². The van der Waals surface area contributed by atoms with E-state index in [1.54, 1.807) is 0 Å². The van der Waals surface area contributed by atoms with E-state index >= 15 is 0 Å². The van der Waals surface area contributed by atoms with Gasteiger partial charge in [-0.1, -0.05) is 26.7 Å². The molecule has 1 aliphatic carbocycles. The summed E-state index contributed by atoms with van der Waals surface area (Å²) in [6, 6.07) is 5.31. The Morgan fingerprint density at radius 1 is 1.24 bits per heavy atom. The van der Waals surface area contributed by atoms with Gasteiger partial charge < -0.3 is 10.2 Å². The Morgan fingerprint density at radius 2 is 2.05 bits per heavy atom. The summed E-state index contributed by atoms with van der Waals surface area (Å²) < 4.78 is 0. The van der Waals surface area contributed by atoms with E-state index in [2.05, 4.69) is 36.2 Å². The number of aromatic nitrogens is 1. The molecule has 2 aliphatic rings. The standard InChI is InChI=1S/C18H29N3/c1-13(2)16-10-14(12-19-3)11-18(20-16)21-9-8-15-6-4-5-7-17(15)21/h10-11,13,15,17,19H,4-9,12H2,1-3H3. The Bertz CT molecular complexity index is 483. The Morgan fingerprint density at radius 3 is 2.81 bits per heavy atom. The lowest BCUT2D eigenvalue weighted by molar-refractivity contribution is 0.341. The molecule has 0 bridgehead atoms. The summed E-state index contributed by atoms with van der Waals surface area (Å²) in [6.07, 6.45) is 6.97. The van der Waals surface area contributed by atoms with Crippen LogP contribution in [-0.4, -0.2) is 24.6 Å². The zero-order chi connectivity index (χ0) is 14.8. The fourth-order valence-corrected chi connectivity index (χ4v) is 4.03. The summed E-state index contributed by atoms with van der Waals surface area (Å²) in [7, 11) is 2.02. The number of rotatable bonds is 4. The van der Waals surface area contributed by atoms with Crippen LogP contribution in [0.2, 0.25) is 0 Å². The molecule has 1 saturated carbocycles. The van der Waals surface area contributed by atoms with Crippen LogP contribution in [0.4, 0.5) is 5.82 Å². The minimum absolute atomic E-state index is 0.491. The van der Waals surface area contributed by atoms with Crippen molar-refractivity contribution in [1.29, 1.82) is 0 Å². The molecule has 2 fully saturated rings. The molecule has 1 aromatic heterocycles. The van der Waals surface area contributed by atoms with Crippen molar-refractivity contribution in [2.45, 2.75) is 64.5 Å². The van der Waals surface area contributed by atoms with Crippen molar-refractivity contribution in [3.63, 3.8) is 0 Å². The average Bonchev–Trinajstić information content (AvgIpc) is 2.91. The molecule has 0 amide bonds. The third-order valence-electron chi connectivity index (χ3n) is 5.17. The number of hydrogen-bond donors (Lipinski definition) is 1. The van der Waals surface area contributed by atoms with E-state index in [1.165, 1.54) is 55.7 Å². The van der Waals surface area contributed by atoms with Gasteiger partial charge in [-0.15, -0.1) is 0 Å². The molecule has 1 saturated heterocycles. The van der Waals surface area contributed by atoms with Gasteiger partial charge in [0.15, 0.2) is 0 Å². The topological polar surface area (TPSA) is 28.2 Å². The second kappa shape index (κ2) is 6.35. The van der Waals surface area contributed by atoms with Crippen molar-refractivity contribution in [2.75, 3.05) is 18.5 Å². The predicted octanol–water partition coefficient (Wildman–Crippen LogP) is 3.69. The number of fused-ring (bicyclic) bond motifs is 1. The SMILES string of the molecule is CNCc1cc(C(C)C)nc(N2CCC3CCCCC32)c1. The molecule has 0 aromatic carbocycles. The van der Waals surface area contributed by atoms with Gasteiger partial charge in [-0.2, -0.15) is 0 Å². The molecule has 21 heavy (non-hydrogen) atoms. The zero-order valence-corrected chi connectivity index (χ0v) is 13.7. The Kier molecular flexibility index (Phi) is 4.48. The molecular formula is C18H29N3. The van der Waals surface area contributed by atoms with Crippen LogP contribution < -0.4 is 10.2 Å². The van der Waals surface area contributed by atoms with Crippen molar-refractivity contribution in [3.8, 4) is 0 Å². The summed E-state index contributed by atoms with van der Waals surface area (Å²) >= 11 is 0. The molecule has 2 unspecified atom stereocenters. The van der Waals surface area contributed by atoms with Crippen LogP contribution in [-0.2, 0) is 6.54 Å². The minimum Gasteiger partial charge on any atom is -0.353 e. The Balaban J connectivity index is 1.89. The summed E-state index contributed by atoms with van der Waals surface area (Å²) in [4.78, 5) is 7.59. The van der Waals surface area contributed by atoms with Crippen molar-refractivity contribution in [2.24, 2.45) is 5.92 Å². The van der Waals surface area contributed by atoms with Gasteiger partial charge in [0.25, 0.3) is 0 Å². The number of nitrogens with zero attached hydrogens (tertiary/aromatic N) is 2. The normalized spacial score (nSPS) is 25.4. The molecule has 0 spiro atoms. The maximum absolute atomic E-state index is 4.99. The number of hydrogen-bond acceptors (Lipinski definition) is 3. The van der Waals surface area contributed by atoms with Gasteiger partial charge >= 0.3 is 0 Å². The van der Waals surface area contributed by atoms with Gasteiger partial charge in [0.1, 0.15) is 5.82 Å². The molecule has 3 nitrogen and oxygen atoms in total. The highest BCUT2D eigenvalue weighted by atomic mass is 15.2. The molecule has 1 N–H and O–H groups in total. The monoisotopic (exact) mass is 287 g/mol. The van der Waals surface area contributed by atoms with Crippen LogP contribution in [0, 0.1) is 5.92 Å². The maximum Gasteiger partial charge on any atom is 0.129 e. The fraction of sp³-hybridized carbons (Fsp3) is 0.722. The van der Waals surface area contributed by atoms with Crippen LogP contribution in [0.3, 0.4) is 0 Å². The van der Waals surface area contributed by atoms with Gasteiger partial charge in [-0.05, 0) is 55.8 Å². The first-order valence-corrected chi connectivity index (χ1v) is 8.61. The summed E-state index contributed by atoms with van der Waals surface area (Å²) in [6.45, 7) is 6.60. The average molecular weight is 287 g/mol. The van der Waals surface area contributed by atoms with E-state index in [1.807, 2.05) is 7.05 Å². The molecular weight excluding hydrogens is 258 g/mol. The van der Waals surface area contributed by atoms with E-state index in [9.17, 15) is 0 Å². The molecule has 1 aliphatic heterocycles. The Hall–Kier alpha value is -1.09. The number of anilines is 1. The van der Waals surface area contributed by atoms with Gasteiger partial charge in [-0.3, -0.25) is 0 Å². The highest BCUT2D eigenvalue weighted by molar-refractivity contribution is 5.46. The number of pyridine rings is 1. The molecule has 116 valence electrons. The first-order valence-electron chi connectivity index (χ1n) is 8.61. The van der Waals surface area contributed by atoms with Gasteiger partial charge in [0.2, 0.25) is 0 Å².